The van der Waals surface area contributed by atoms with Crippen LogP contribution in [-0.4, -0.2) is 37.5 Å². The van der Waals surface area contributed by atoms with Crippen LogP contribution in [0.1, 0.15) is 5.56 Å². The van der Waals surface area contributed by atoms with E-state index in [1.54, 1.807) is 0 Å². The lowest BCUT2D eigenvalue weighted by atomic mass is 10.1. The normalized spacial score (nSPS) is 14.1. The number of halogens is 4. The molecule has 0 amide bonds. The van der Waals surface area contributed by atoms with Gasteiger partial charge in [0, 0.05) is 20.1 Å². The number of nitrogens with zero attached hydrogens (tertiary/aromatic N) is 2. The van der Waals surface area contributed by atoms with Crippen molar-refractivity contribution in [3.05, 3.63) is 35.1 Å². The average molecular weight is 385 g/mol. The molecule has 0 radical (unpaired) electrons. The predicted molar refractivity (Wildman–Crippen MR) is 78.4 cm³/mol. The van der Waals surface area contributed by atoms with Gasteiger partial charge in [-0.25, -0.2) is 13.2 Å². The minimum Gasteiger partial charge on any atom is -0.356 e. The molecule has 3 nitrogen and oxygen atoms in total. The lowest BCUT2D eigenvalue weighted by molar-refractivity contribution is 0.445. The minimum atomic E-state index is -1.42. The van der Waals surface area contributed by atoms with Crippen molar-refractivity contribution in [2.75, 3.05) is 26.7 Å². The number of guanidine groups is 1. The van der Waals surface area contributed by atoms with Crippen molar-refractivity contribution in [3.8, 4) is 0 Å². The summed E-state index contributed by atoms with van der Waals surface area (Å²) in [6.45, 7) is 2.11. The van der Waals surface area contributed by atoms with E-state index in [1.807, 2.05) is 11.9 Å². The summed E-state index contributed by atoms with van der Waals surface area (Å²) >= 11 is 0. The highest BCUT2D eigenvalue weighted by molar-refractivity contribution is 14.0. The summed E-state index contributed by atoms with van der Waals surface area (Å²) in [5.41, 5.74) is 0.417. The van der Waals surface area contributed by atoms with Crippen molar-refractivity contribution in [3.63, 3.8) is 0 Å². The molecule has 7 heteroatoms. The van der Waals surface area contributed by atoms with Crippen molar-refractivity contribution in [1.82, 2.24) is 10.2 Å². The molecule has 0 saturated heterocycles. The van der Waals surface area contributed by atoms with Gasteiger partial charge in [0.1, 0.15) is 0 Å². The van der Waals surface area contributed by atoms with E-state index in [9.17, 15) is 13.2 Å². The highest BCUT2D eigenvalue weighted by Gasteiger charge is 2.12. The van der Waals surface area contributed by atoms with Gasteiger partial charge >= 0.3 is 0 Å². The molecule has 1 aromatic rings. The zero-order valence-corrected chi connectivity index (χ0v) is 12.8. The molecule has 0 spiro atoms. The van der Waals surface area contributed by atoms with E-state index in [4.69, 9.17) is 0 Å². The van der Waals surface area contributed by atoms with Gasteiger partial charge in [0.05, 0.1) is 6.54 Å². The van der Waals surface area contributed by atoms with Crippen LogP contribution in [0.5, 0.6) is 0 Å². The molecule has 2 rings (SSSR count). The lowest BCUT2D eigenvalue weighted by Crippen LogP contribution is -2.36. The first-order valence-electron chi connectivity index (χ1n) is 5.71. The van der Waals surface area contributed by atoms with Gasteiger partial charge < -0.3 is 10.2 Å². The number of likely N-dealkylation sites (N-methyl/N-ethyl adjacent to an activating group) is 1. The fraction of sp³-hybridized carbons (Fsp3) is 0.417. The molecular weight excluding hydrogens is 370 g/mol. The van der Waals surface area contributed by atoms with Crippen LogP contribution in [0.15, 0.2) is 17.1 Å². The largest absolute Gasteiger partial charge is 0.356 e. The fourth-order valence-electron chi connectivity index (χ4n) is 1.79. The molecule has 0 fully saturated rings. The molecule has 0 aromatic heterocycles. The second-order valence-electron chi connectivity index (χ2n) is 4.18. The standard InChI is InChI=1S/C12H14F3N3.HI/c1-18-5-4-17-12(18)16-3-2-8-6-9(13)11(15)10(14)7-8;/h6-7H,2-5H2,1H3,(H,16,17);1H. The minimum absolute atomic E-state index is 0. The number of hydrogen-bond acceptors (Lipinski definition) is 3. The molecule has 19 heavy (non-hydrogen) atoms. The van der Waals surface area contributed by atoms with E-state index in [0.29, 0.717) is 18.5 Å². The first-order valence-corrected chi connectivity index (χ1v) is 5.71. The van der Waals surface area contributed by atoms with Crippen LogP contribution in [-0.2, 0) is 6.42 Å². The van der Waals surface area contributed by atoms with Crippen LogP contribution in [0.2, 0.25) is 0 Å². The van der Waals surface area contributed by atoms with E-state index in [1.165, 1.54) is 0 Å². The maximum absolute atomic E-state index is 13.0. The Hall–Kier alpha value is -0.990. The van der Waals surface area contributed by atoms with Gasteiger partial charge in [0.2, 0.25) is 0 Å². The fourth-order valence-corrected chi connectivity index (χ4v) is 1.79. The molecule has 0 atom stereocenters. The Bertz CT molecular complexity index is 456. The zero-order chi connectivity index (χ0) is 13.1. The van der Waals surface area contributed by atoms with Gasteiger partial charge in [0.25, 0.3) is 0 Å². The third-order valence-electron chi connectivity index (χ3n) is 2.80. The highest BCUT2D eigenvalue weighted by atomic mass is 127. The van der Waals surface area contributed by atoms with E-state index < -0.39 is 17.5 Å². The van der Waals surface area contributed by atoms with Crippen LogP contribution in [0.3, 0.4) is 0 Å². The van der Waals surface area contributed by atoms with Crippen molar-refractivity contribution < 1.29 is 13.2 Å². The van der Waals surface area contributed by atoms with Gasteiger partial charge in [-0.05, 0) is 24.1 Å². The molecule has 0 bridgehead atoms. The maximum atomic E-state index is 13.0. The quantitative estimate of drug-likeness (QED) is 0.638. The Morgan fingerprint density at radius 3 is 2.42 bits per heavy atom. The Morgan fingerprint density at radius 2 is 1.89 bits per heavy atom. The van der Waals surface area contributed by atoms with Crippen molar-refractivity contribution in [2.24, 2.45) is 4.99 Å². The van der Waals surface area contributed by atoms with E-state index >= 15 is 0 Å². The van der Waals surface area contributed by atoms with Crippen molar-refractivity contribution in [2.45, 2.75) is 6.42 Å². The van der Waals surface area contributed by atoms with E-state index in [2.05, 4.69) is 10.3 Å². The molecule has 1 aliphatic rings. The Labute approximate surface area is 126 Å². The SMILES string of the molecule is CN1CCN=C1NCCc1cc(F)c(F)c(F)c1.I. The number of nitrogens with one attached hydrogen (secondary N) is 1. The second-order valence-corrected chi connectivity index (χ2v) is 4.18. The summed E-state index contributed by atoms with van der Waals surface area (Å²) < 4.78 is 38.7. The number of hydrogen-bond donors (Lipinski definition) is 1. The predicted octanol–water partition coefficient (Wildman–Crippen LogP) is 2.16. The zero-order valence-electron chi connectivity index (χ0n) is 10.4. The summed E-state index contributed by atoms with van der Waals surface area (Å²) in [6.07, 6.45) is 0.404. The molecule has 1 aromatic carbocycles. The van der Waals surface area contributed by atoms with Gasteiger partial charge in [-0.1, -0.05) is 0 Å². The van der Waals surface area contributed by atoms with E-state index in [0.717, 1.165) is 31.2 Å². The lowest BCUT2D eigenvalue weighted by Gasteiger charge is -2.15. The Balaban J connectivity index is 0.00000180. The third-order valence-corrected chi connectivity index (χ3v) is 2.80. The van der Waals surface area contributed by atoms with Crippen molar-refractivity contribution >= 4 is 29.9 Å². The first kappa shape index (κ1) is 16.1. The van der Waals surface area contributed by atoms with Crippen LogP contribution in [0.25, 0.3) is 0 Å². The topological polar surface area (TPSA) is 27.6 Å². The molecule has 0 unspecified atom stereocenters. The summed E-state index contributed by atoms with van der Waals surface area (Å²) in [4.78, 5) is 6.18. The molecule has 0 aliphatic carbocycles. The first-order chi connectivity index (χ1) is 8.58. The molecule has 1 heterocycles. The van der Waals surface area contributed by atoms with Crippen LogP contribution >= 0.6 is 24.0 Å². The molecular formula is C12H15F3IN3. The second kappa shape index (κ2) is 6.97. The summed E-state index contributed by atoms with van der Waals surface area (Å²) in [7, 11) is 1.91. The van der Waals surface area contributed by atoms with Crippen LogP contribution < -0.4 is 5.32 Å². The Morgan fingerprint density at radius 1 is 1.26 bits per heavy atom. The molecule has 0 saturated carbocycles. The summed E-state index contributed by atoms with van der Waals surface area (Å²) in [5.74, 6) is -2.95. The number of aliphatic imine (C=N–C) groups is 1. The smallest absolute Gasteiger partial charge is 0.194 e. The maximum Gasteiger partial charge on any atom is 0.194 e. The highest BCUT2D eigenvalue weighted by Crippen LogP contribution is 2.13. The van der Waals surface area contributed by atoms with Crippen LogP contribution in [0.4, 0.5) is 13.2 Å². The Kier molecular flexibility index (Phi) is 5.89. The average Bonchev–Trinajstić information content (AvgIpc) is 2.72. The molecule has 106 valence electrons. The third kappa shape index (κ3) is 3.99. The summed E-state index contributed by atoms with van der Waals surface area (Å²) in [6, 6.07) is 2.03. The summed E-state index contributed by atoms with van der Waals surface area (Å²) in [5, 5.41) is 3.07. The van der Waals surface area contributed by atoms with Gasteiger partial charge in [-0.15, -0.1) is 24.0 Å². The van der Waals surface area contributed by atoms with Gasteiger partial charge in [-0.2, -0.15) is 0 Å². The molecule has 1 aliphatic heterocycles. The number of rotatable bonds is 3. The van der Waals surface area contributed by atoms with E-state index in [-0.39, 0.29) is 24.0 Å². The van der Waals surface area contributed by atoms with Crippen molar-refractivity contribution in [1.29, 1.82) is 0 Å². The van der Waals surface area contributed by atoms with Gasteiger partial charge in [-0.3, -0.25) is 4.99 Å². The molecule has 1 N–H and O–H groups in total. The van der Waals surface area contributed by atoms with Gasteiger partial charge in [0.15, 0.2) is 23.4 Å². The monoisotopic (exact) mass is 385 g/mol. The number of benzene rings is 1. The van der Waals surface area contributed by atoms with Crippen LogP contribution in [0, 0.1) is 17.5 Å².